The molecular weight excluding hydrogens is 437 g/mol. The fourth-order valence-corrected chi connectivity index (χ4v) is 3.70. The van der Waals surface area contributed by atoms with Gasteiger partial charge in [0.05, 0.1) is 31.0 Å². The number of aromatic nitrogens is 6. The predicted molar refractivity (Wildman–Crippen MR) is 125 cm³/mol. The largest absolute Gasteiger partial charge is 0.495 e. The zero-order valence-electron chi connectivity index (χ0n) is 18.4. The van der Waals surface area contributed by atoms with E-state index in [4.69, 9.17) is 15.5 Å². The number of pyridine rings is 2. The van der Waals surface area contributed by atoms with E-state index < -0.39 is 0 Å². The van der Waals surface area contributed by atoms with Gasteiger partial charge < -0.3 is 15.0 Å². The molecule has 0 aliphatic heterocycles. The minimum Gasteiger partial charge on any atom is -0.495 e. The minimum atomic E-state index is -0.363. The predicted octanol–water partition coefficient (Wildman–Crippen LogP) is 2.87. The maximum absolute atomic E-state index is 13.6. The van der Waals surface area contributed by atoms with Crippen LogP contribution in [0.3, 0.4) is 0 Å². The number of nitrogens with zero attached hydrogens (tertiary/aromatic N) is 6. The highest BCUT2D eigenvalue weighted by Crippen LogP contribution is 2.34. The van der Waals surface area contributed by atoms with Crippen molar-refractivity contribution in [2.24, 2.45) is 7.05 Å². The Morgan fingerprint density at radius 3 is 2.47 bits per heavy atom. The molecule has 0 saturated carbocycles. The second-order valence-corrected chi connectivity index (χ2v) is 7.70. The fourth-order valence-electron chi connectivity index (χ4n) is 3.70. The Bertz CT molecular complexity index is 1560. The topological polar surface area (TPSA) is 113 Å². The molecule has 0 spiro atoms. The number of nitrogens with two attached hydrogens (primary N) is 1. The zero-order valence-corrected chi connectivity index (χ0v) is 18.4. The van der Waals surface area contributed by atoms with Crippen LogP contribution in [0.25, 0.3) is 28.0 Å². The molecule has 0 radical (unpaired) electrons. The van der Waals surface area contributed by atoms with Crippen LogP contribution >= 0.6 is 0 Å². The van der Waals surface area contributed by atoms with E-state index in [1.807, 2.05) is 12.1 Å². The van der Waals surface area contributed by atoms with Crippen LogP contribution in [-0.2, 0) is 13.5 Å². The molecule has 0 amide bonds. The Labute approximate surface area is 193 Å². The lowest BCUT2D eigenvalue weighted by Crippen LogP contribution is -2.14. The lowest BCUT2D eigenvalue weighted by molar-refractivity contribution is 0.412. The van der Waals surface area contributed by atoms with Gasteiger partial charge in [0.1, 0.15) is 11.6 Å². The van der Waals surface area contributed by atoms with Crippen molar-refractivity contribution in [2.45, 2.75) is 6.42 Å². The molecule has 9 nitrogen and oxygen atoms in total. The fraction of sp³-hybridized carbons (Fsp3) is 0.125. The van der Waals surface area contributed by atoms with Gasteiger partial charge in [-0.2, -0.15) is 4.52 Å². The number of ether oxygens (including phenoxy) is 1. The maximum atomic E-state index is 13.6. The number of hydrogen-bond donors (Lipinski definition) is 1. The van der Waals surface area contributed by atoms with Crippen molar-refractivity contribution in [1.29, 1.82) is 0 Å². The number of aryl methyl sites for hydroxylation is 1. The summed E-state index contributed by atoms with van der Waals surface area (Å²) in [5.41, 5.74) is 9.80. The molecule has 34 heavy (non-hydrogen) atoms. The first-order valence-electron chi connectivity index (χ1n) is 10.4. The minimum absolute atomic E-state index is 0.129. The summed E-state index contributed by atoms with van der Waals surface area (Å²) in [6.45, 7) is 0. The molecular formula is C24H20FN7O2. The summed E-state index contributed by atoms with van der Waals surface area (Å²) in [5.74, 6) is 0.914. The van der Waals surface area contributed by atoms with Gasteiger partial charge in [-0.1, -0.05) is 0 Å². The quantitative estimate of drug-likeness (QED) is 0.432. The van der Waals surface area contributed by atoms with E-state index in [1.165, 1.54) is 27.3 Å². The van der Waals surface area contributed by atoms with Crippen molar-refractivity contribution in [3.8, 4) is 28.1 Å². The van der Waals surface area contributed by atoms with Crippen molar-refractivity contribution in [3.05, 3.63) is 88.6 Å². The van der Waals surface area contributed by atoms with Crippen LogP contribution < -0.4 is 16.0 Å². The molecule has 1 aromatic carbocycles. The smallest absolute Gasteiger partial charge is 0.250 e. The lowest BCUT2D eigenvalue weighted by Gasteiger charge is -2.12. The maximum Gasteiger partial charge on any atom is 0.250 e. The number of rotatable bonds is 5. The van der Waals surface area contributed by atoms with Crippen LogP contribution in [0.4, 0.5) is 10.3 Å². The summed E-state index contributed by atoms with van der Waals surface area (Å²) >= 11 is 0. The highest BCUT2D eigenvalue weighted by Gasteiger charge is 2.20. The summed E-state index contributed by atoms with van der Waals surface area (Å²) in [6, 6.07) is 12.8. The molecule has 0 saturated heterocycles. The van der Waals surface area contributed by atoms with Gasteiger partial charge in [0, 0.05) is 36.1 Å². The molecule has 170 valence electrons. The van der Waals surface area contributed by atoms with E-state index in [0.29, 0.717) is 46.0 Å². The average molecular weight is 457 g/mol. The first kappa shape index (κ1) is 21.3. The first-order valence-corrected chi connectivity index (χ1v) is 10.4. The Balaban J connectivity index is 1.71. The molecule has 2 N–H and O–H groups in total. The van der Waals surface area contributed by atoms with Crippen molar-refractivity contribution < 1.29 is 9.13 Å². The van der Waals surface area contributed by atoms with Crippen LogP contribution in [0.1, 0.15) is 11.5 Å². The van der Waals surface area contributed by atoms with Gasteiger partial charge in [-0.3, -0.25) is 9.78 Å². The van der Waals surface area contributed by atoms with Crippen molar-refractivity contribution >= 4 is 11.6 Å². The molecule has 0 fully saturated rings. The normalized spacial score (nSPS) is 11.1. The SMILES string of the molecule is COc1ccc(Cc2nc3c(-c4ccc(=O)n(C)c4)c(-c4ccc(F)cc4)nc(N)n3n2)nc1. The van der Waals surface area contributed by atoms with Crippen molar-refractivity contribution in [2.75, 3.05) is 12.8 Å². The van der Waals surface area contributed by atoms with Gasteiger partial charge in [-0.05, 0) is 42.5 Å². The number of anilines is 1. The molecule has 0 bridgehead atoms. The molecule has 0 atom stereocenters. The van der Waals surface area contributed by atoms with Crippen molar-refractivity contribution in [1.82, 2.24) is 29.1 Å². The third kappa shape index (κ3) is 3.85. The molecule has 0 aliphatic rings. The second-order valence-electron chi connectivity index (χ2n) is 7.70. The van der Waals surface area contributed by atoms with Gasteiger partial charge in [0.25, 0.3) is 0 Å². The van der Waals surface area contributed by atoms with Crippen LogP contribution in [0.2, 0.25) is 0 Å². The van der Waals surface area contributed by atoms with E-state index in [9.17, 15) is 9.18 Å². The number of hydrogen-bond acceptors (Lipinski definition) is 7. The molecule has 4 aromatic heterocycles. The highest BCUT2D eigenvalue weighted by atomic mass is 19.1. The zero-order chi connectivity index (χ0) is 23.8. The number of fused-ring (bicyclic) bond motifs is 1. The van der Waals surface area contributed by atoms with Crippen LogP contribution in [0.5, 0.6) is 5.75 Å². The third-order valence-electron chi connectivity index (χ3n) is 5.42. The molecule has 5 aromatic rings. The molecule has 4 heterocycles. The van der Waals surface area contributed by atoms with E-state index in [0.717, 1.165) is 5.69 Å². The molecule has 10 heteroatoms. The van der Waals surface area contributed by atoms with Gasteiger partial charge in [-0.15, -0.1) is 5.10 Å². The average Bonchev–Trinajstić information content (AvgIpc) is 3.26. The van der Waals surface area contributed by atoms with E-state index in [2.05, 4.69) is 15.1 Å². The van der Waals surface area contributed by atoms with Crippen LogP contribution in [-0.4, -0.2) is 36.2 Å². The van der Waals surface area contributed by atoms with Crippen LogP contribution in [0.15, 0.2) is 65.7 Å². The summed E-state index contributed by atoms with van der Waals surface area (Å²) in [7, 11) is 3.24. The Morgan fingerprint density at radius 1 is 1.03 bits per heavy atom. The van der Waals surface area contributed by atoms with E-state index >= 15 is 0 Å². The number of halogens is 1. The Morgan fingerprint density at radius 2 is 1.79 bits per heavy atom. The number of methoxy groups -OCH3 is 1. The Kier molecular flexibility index (Phi) is 5.25. The molecule has 0 aliphatic carbocycles. The Hall–Kier alpha value is -4.60. The monoisotopic (exact) mass is 457 g/mol. The van der Waals surface area contributed by atoms with Gasteiger partial charge in [-0.25, -0.2) is 14.4 Å². The second kappa shape index (κ2) is 8.39. The lowest BCUT2D eigenvalue weighted by atomic mass is 10.0. The number of nitrogen functional groups attached to an aromatic ring is 1. The first-order chi connectivity index (χ1) is 16.4. The van der Waals surface area contributed by atoms with Crippen LogP contribution in [0, 0.1) is 5.82 Å². The van der Waals surface area contributed by atoms with Gasteiger partial charge >= 0.3 is 0 Å². The summed E-state index contributed by atoms with van der Waals surface area (Å²) < 4.78 is 21.7. The summed E-state index contributed by atoms with van der Waals surface area (Å²) in [5, 5.41) is 4.54. The van der Waals surface area contributed by atoms with E-state index in [1.54, 1.807) is 44.8 Å². The third-order valence-corrected chi connectivity index (χ3v) is 5.42. The number of benzene rings is 1. The standard InChI is InChI=1S/C24H20FN7O2/c1-31-13-15(5-10-20(31)33)21-22(14-3-6-16(25)7-4-14)29-24(26)32-23(21)28-19(30-32)11-17-8-9-18(34-2)12-27-17/h3-10,12-13H,11H2,1-2H3,(H2,26,29). The van der Waals surface area contributed by atoms with E-state index in [-0.39, 0.29) is 17.3 Å². The molecule has 0 unspecified atom stereocenters. The molecule has 5 rings (SSSR count). The van der Waals surface area contributed by atoms with Gasteiger partial charge in [0.15, 0.2) is 11.5 Å². The van der Waals surface area contributed by atoms with Crippen molar-refractivity contribution in [3.63, 3.8) is 0 Å². The summed E-state index contributed by atoms with van der Waals surface area (Å²) in [4.78, 5) is 25.7. The highest BCUT2D eigenvalue weighted by molar-refractivity contribution is 5.90. The van der Waals surface area contributed by atoms with Gasteiger partial charge in [0.2, 0.25) is 11.5 Å². The summed E-state index contributed by atoms with van der Waals surface area (Å²) in [6.07, 6.45) is 3.69.